The molecular weight excluding hydrogens is 423 g/mol. The summed E-state index contributed by atoms with van der Waals surface area (Å²) in [6.07, 6.45) is 10.6. The van der Waals surface area contributed by atoms with Crippen molar-refractivity contribution in [3.05, 3.63) is 28.7 Å². The van der Waals surface area contributed by atoms with Gasteiger partial charge < -0.3 is 15.4 Å². The summed E-state index contributed by atoms with van der Waals surface area (Å²) in [5.74, 6) is -0.771. The third kappa shape index (κ3) is 5.55. The lowest BCUT2D eigenvalue weighted by Crippen LogP contribution is -2.47. The molecule has 0 bridgehead atoms. The summed E-state index contributed by atoms with van der Waals surface area (Å²) in [4.78, 5) is 21.5. The van der Waals surface area contributed by atoms with E-state index in [1.807, 2.05) is 0 Å². The van der Waals surface area contributed by atoms with Gasteiger partial charge in [-0.25, -0.2) is 19.7 Å². The summed E-state index contributed by atoms with van der Waals surface area (Å²) in [6.45, 7) is 2.43. The van der Waals surface area contributed by atoms with Crippen molar-refractivity contribution < 1.29 is 18.8 Å². The van der Waals surface area contributed by atoms with E-state index in [0.717, 1.165) is 38.4 Å². The van der Waals surface area contributed by atoms with Crippen LogP contribution in [-0.4, -0.2) is 42.4 Å². The number of amides is 1. The molecule has 2 saturated heterocycles. The van der Waals surface area contributed by atoms with Crippen molar-refractivity contribution >= 4 is 29.4 Å². The van der Waals surface area contributed by atoms with Gasteiger partial charge in [-0.05, 0) is 62.3 Å². The quantitative estimate of drug-likeness (QED) is 0.429. The van der Waals surface area contributed by atoms with Gasteiger partial charge in [0.2, 0.25) is 0 Å². The Labute approximate surface area is 187 Å². The summed E-state index contributed by atoms with van der Waals surface area (Å²) in [5, 5.41) is 7.45. The Morgan fingerprint density at radius 2 is 2.13 bits per heavy atom. The number of halogens is 2. The number of hydroxylamine groups is 1. The average Bonchev–Trinajstić information content (AvgIpc) is 3.48. The van der Waals surface area contributed by atoms with Crippen LogP contribution in [0.1, 0.15) is 56.9 Å². The minimum absolute atomic E-state index is 0.0475. The van der Waals surface area contributed by atoms with Crippen LogP contribution >= 0.6 is 11.6 Å². The van der Waals surface area contributed by atoms with Gasteiger partial charge in [-0.3, -0.25) is 4.79 Å². The smallest absolute Gasteiger partial charge is 0.303 e. The fraction of sp³-hybridized carbons (Fsp3) is 0.636. The maximum atomic E-state index is 14.3. The Hall–Kier alpha value is -1.74. The maximum Gasteiger partial charge on any atom is 0.303 e. The van der Waals surface area contributed by atoms with Crippen molar-refractivity contribution in [3.8, 4) is 0 Å². The number of ether oxygens (including phenoxy) is 1. The highest BCUT2D eigenvalue weighted by atomic mass is 35.5. The SMILES string of the molecule is O=C(NOC1CCCCO1)/C(F)=C/c1cnc(N[C@@]2(C3CCCC3)CCNC2)c(Cl)c1. The Bertz CT molecular complexity index is 804. The molecular formula is C22H30ClFN4O3. The van der Waals surface area contributed by atoms with E-state index in [1.54, 1.807) is 6.07 Å². The second-order valence-electron chi connectivity index (χ2n) is 8.63. The van der Waals surface area contributed by atoms with Crippen LogP contribution in [-0.2, 0) is 14.4 Å². The fourth-order valence-electron chi connectivity index (χ4n) is 4.79. The molecule has 1 saturated carbocycles. The number of carbonyl (C=O) groups is 1. The van der Waals surface area contributed by atoms with Crippen molar-refractivity contribution in [2.45, 2.75) is 63.2 Å². The number of carbonyl (C=O) groups excluding carboxylic acids is 1. The first kappa shape index (κ1) is 22.5. The van der Waals surface area contributed by atoms with E-state index in [0.29, 0.717) is 35.3 Å². The van der Waals surface area contributed by atoms with Gasteiger partial charge in [0.15, 0.2) is 12.1 Å². The van der Waals surface area contributed by atoms with Crippen LogP contribution in [0.5, 0.6) is 0 Å². The number of aromatic nitrogens is 1. The monoisotopic (exact) mass is 452 g/mol. The first-order chi connectivity index (χ1) is 15.1. The highest BCUT2D eigenvalue weighted by molar-refractivity contribution is 6.33. The van der Waals surface area contributed by atoms with E-state index in [2.05, 4.69) is 21.1 Å². The number of anilines is 1. The van der Waals surface area contributed by atoms with Crippen LogP contribution in [0.15, 0.2) is 18.1 Å². The fourth-order valence-corrected chi connectivity index (χ4v) is 5.01. The van der Waals surface area contributed by atoms with Gasteiger partial charge >= 0.3 is 5.91 Å². The minimum atomic E-state index is -0.989. The van der Waals surface area contributed by atoms with Crippen molar-refractivity contribution in [3.63, 3.8) is 0 Å². The molecule has 3 heterocycles. The number of hydrogen-bond acceptors (Lipinski definition) is 6. The van der Waals surface area contributed by atoms with Crippen molar-refractivity contribution in [2.24, 2.45) is 5.92 Å². The number of hydrogen-bond donors (Lipinski definition) is 3. The molecule has 9 heteroatoms. The second-order valence-corrected chi connectivity index (χ2v) is 9.03. The van der Waals surface area contributed by atoms with Crippen LogP contribution in [0.2, 0.25) is 5.02 Å². The van der Waals surface area contributed by atoms with E-state index >= 15 is 0 Å². The molecule has 31 heavy (non-hydrogen) atoms. The largest absolute Gasteiger partial charge is 0.362 e. The molecule has 3 aliphatic rings. The summed E-state index contributed by atoms with van der Waals surface area (Å²) in [7, 11) is 0. The number of nitrogens with one attached hydrogen (secondary N) is 3. The molecule has 170 valence electrons. The molecule has 1 amide bonds. The molecule has 0 aromatic carbocycles. The predicted molar refractivity (Wildman–Crippen MR) is 117 cm³/mol. The van der Waals surface area contributed by atoms with Crippen molar-refractivity contribution in [1.29, 1.82) is 0 Å². The number of rotatable bonds is 7. The molecule has 0 radical (unpaired) electrons. The molecule has 7 nitrogen and oxygen atoms in total. The standard InChI is InChI=1S/C22H30ClFN4O3/c23-17-11-15(12-18(24)21(29)28-31-19-7-3-4-10-30-19)13-26-20(17)27-22(8-9-25-14-22)16-5-1-2-6-16/h11-13,16,19,25H,1-10,14H2,(H,26,27)(H,28,29)/b18-12-/t19?,22-/m0/s1. The normalized spacial score (nSPS) is 27.4. The van der Waals surface area contributed by atoms with Gasteiger partial charge in [-0.1, -0.05) is 24.4 Å². The van der Waals surface area contributed by atoms with Crippen LogP contribution in [0.3, 0.4) is 0 Å². The molecule has 1 aromatic heterocycles. The zero-order chi connectivity index (χ0) is 21.7. The Balaban J connectivity index is 1.38. The first-order valence-electron chi connectivity index (χ1n) is 11.1. The van der Waals surface area contributed by atoms with Crippen molar-refractivity contribution in [2.75, 3.05) is 25.0 Å². The topological polar surface area (TPSA) is 84.5 Å². The molecule has 0 spiro atoms. The maximum absolute atomic E-state index is 14.3. The molecule has 2 atom stereocenters. The van der Waals surface area contributed by atoms with Crippen LogP contribution in [0, 0.1) is 5.92 Å². The molecule has 2 aliphatic heterocycles. The lowest BCUT2D eigenvalue weighted by molar-refractivity contribution is -0.199. The highest BCUT2D eigenvalue weighted by Gasteiger charge is 2.42. The van der Waals surface area contributed by atoms with Gasteiger partial charge in [0.25, 0.3) is 0 Å². The molecule has 1 unspecified atom stereocenters. The lowest BCUT2D eigenvalue weighted by atomic mass is 9.81. The predicted octanol–water partition coefficient (Wildman–Crippen LogP) is 3.95. The lowest BCUT2D eigenvalue weighted by Gasteiger charge is -2.36. The zero-order valence-electron chi connectivity index (χ0n) is 17.6. The van der Waals surface area contributed by atoms with E-state index in [-0.39, 0.29) is 5.54 Å². The van der Waals surface area contributed by atoms with Crippen LogP contribution in [0.25, 0.3) is 6.08 Å². The van der Waals surface area contributed by atoms with Gasteiger partial charge in [-0.15, -0.1) is 0 Å². The molecule has 3 N–H and O–H groups in total. The molecule has 4 rings (SSSR count). The first-order valence-corrected chi connectivity index (χ1v) is 11.5. The third-order valence-corrected chi connectivity index (χ3v) is 6.77. The zero-order valence-corrected chi connectivity index (χ0v) is 18.3. The minimum Gasteiger partial charge on any atom is -0.362 e. The van der Waals surface area contributed by atoms with Gasteiger partial charge in [-0.2, -0.15) is 0 Å². The van der Waals surface area contributed by atoms with Crippen LogP contribution in [0.4, 0.5) is 10.2 Å². The summed E-state index contributed by atoms with van der Waals surface area (Å²) in [5.41, 5.74) is 2.46. The highest BCUT2D eigenvalue weighted by Crippen LogP contribution is 2.40. The second kappa shape index (κ2) is 10.3. The summed E-state index contributed by atoms with van der Waals surface area (Å²) in [6, 6.07) is 1.61. The Kier molecular flexibility index (Phi) is 7.43. The van der Waals surface area contributed by atoms with E-state index in [1.165, 1.54) is 31.9 Å². The van der Waals surface area contributed by atoms with Gasteiger partial charge in [0.05, 0.1) is 10.6 Å². The average molecular weight is 453 g/mol. The molecule has 3 fully saturated rings. The third-order valence-electron chi connectivity index (χ3n) is 6.49. The van der Waals surface area contributed by atoms with Gasteiger partial charge in [0, 0.05) is 25.8 Å². The van der Waals surface area contributed by atoms with Gasteiger partial charge in [0.1, 0.15) is 5.82 Å². The molecule has 1 aliphatic carbocycles. The Morgan fingerprint density at radius 3 is 2.81 bits per heavy atom. The van der Waals surface area contributed by atoms with E-state index in [4.69, 9.17) is 21.2 Å². The van der Waals surface area contributed by atoms with E-state index in [9.17, 15) is 9.18 Å². The molecule has 1 aromatic rings. The number of pyridine rings is 1. The number of nitrogens with zero attached hydrogens (tertiary/aromatic N) is 1. The Morgan fingerprint density at radius 1 is 1.32 bits per heavy atom. The van der Waals surface area contributed by atoms with E-state index < -0.39 is 18.0 Å². The summed E-state index contributed by atoms with van der Waals surface area (Å²) >= 11 is 6.46. The van der Waals surface area contributed by atoms with Crippen LogP contribution < -0.4 is 16.1 Å². The van der Waals surface area contributed by atoms with Crippen molar-refractivity contribution in [1.82, 2.24) is 15.8 Å². The summed E-state index contributed by atoms with van der Waals surface area (Å²) < 4.78 is 19.6.